The van der Waals surface area contributed by atoms with Gasteiger partial charge in [-0.25, -0.2) is 9.37 Å². The van der Waals surface area contributed by atoms with Crippen LogP contribution < -0.4 is 5.32 Å². The molecule has 0 aliphatic rings. The van der Waals surface area contributed by atoms with E-state index in [4.69, 9.17) is 0 Å². The minimum Gasteiger partial charge on any atom is -0.353 e. The van der Waals surface area contributed by atoms with Gasteiger partial charge in [-0.15, -0.1) is 0 Å². The number of rotatable bonds is 3. The molecule has 2 aromatic rings. The summed E-state index contributed by atoms with van der Waals surface area (Å²) >= 11 is 0. The third-order valence-corrected chi connectivity index (χ3v) is 2.59. The van der Waals surface area contributed by atoms with Crippen LogP contribution >= 0.6 is 0 Å². The first-order valence-electron chi connectivity index (χ1n) is 5.96. The van der Waals surface area contributed by atoms with Crippen molar-refractivity contribution in [2.24, 2.45) is 0 Å². The van der Waals surface area contributed by atoms with Gasteiger partial charge in [0.05, 0.1) is 11.3 Å². The van der Waals surface area contributed by atoms with Crippen LogP contribution in [0.25, 0.3) is 5.69 Å². The molecule has 1 N–H and O–H groups in total. The number of halogens is 4. The molecule has 0 atom stereocenters. The molecule has 108 valence electrons. The summed E-state index contributed by atoms with van der Waals surface area (Å²) in [7, 11) is 0. The third kappa shape index (κ3) is 2.92. The highest BCUT2D eigenvalue weighted by atomic mass is 19.4. The van der Waals surface area contributed by atoms with Gasteiger partial charge in [0.15, 0.2) is 0 Å². The van der Waals surface area contributed by atoms with Gasteiger partial charge in [0, 0.05) is 18.4 Å². The van der Waals surface area contributed by atoms with Crippen LogP contribution in [0.4, 0.5) is 23.5 Å². The van der Waals surface area contributed by atoms with E-state index in [1.165, 1.54) is 17.0 Å². The lowest BCUT2D eigenvalue weighted by Gasteiger charge is -2.14. The van der Waals surface area contributed by atoms with Crippen LogP contribution in [0, 0.1) is 5.82 Å². The number of hydrogen-bond acceptors (Lipinski definition) is 2. The molecule has 1 heterocycles. The fourth-order valence-corrected chi connectivity index (χ4v) is 1.74. The highest BCUT2D eigenvalue weighted by Gasteiger charge is 2.31. The van der Waals surface area contributed by atoms with Gasteiger partial charge in [0.2, 0.25) is 5.95 Å². The molecule has 20 heavy (non-hydrogen) atoms. The molecule has 0 fully saturated rings. The topological polar surface area (TPSA) is 29.9 Å². The first-order valence-corrected chi connectivity index (χ1v) is 5.96. The van der Waals surface area contributed by atoms with E-state index in [9.17, 15) is 17.6 Å². The molecular formula is C13H13F4N3. The van der Waals surface area contributed by atoms with Crippen molar-refractivity contribution < 1.29 is 17.6 Å². The SMILES string of the molecule is CC(C)Nc1nccn1-c1cc(C(F)(F)F)ccc1F. The maximum Gasteiger partial charge on any atom is 0.416 e. The van der Waals surface area contributed by atoms with E-state index in [1.54, 1.807) is 0 Å². The number of nitrogens with one attached hydrogen (secondary N) is 1. The van der Waals surface area contributed by atoms with Crippen LogP contribution in [-0.2, 0) is 6.18 Å². The molecule has 0 aliphatic heterocycles. The van der Waals surface area contributed by atoms with Crippen molar-refractivity contribution in [2.45, 2.75) is 26.1 Å². The van der Waals surface area contributed by atoms with Gasteiger partial charge in [-0.05, 0) is 32.0 Å². The first kappa shape index (κ1) is 14.4. The molecular weight excluding hydrogens is 274 g/mol. The Balaban J connectivity index is 2.50. The number of benzene rings is 1. The van der Waals surface area contributed by atoms with E-state index in [-0.39, 0.29) is 11.7 Å². The Morgan fingerprint density at radius 1 is 1.25 bits per heavy atom. The summed E-state index contributed by atoms with van der Waals surface area (Å²) in [5.74, 6) is -0.457. The predicted octanol–water partition coefficient (Wildman–Crippen LogP) is 3.85. The maximum atomic E-state index is 13.8. The second-order valence-corrected chi connectivity index (χ2v) is 4.58. The molecule has 7 heteroatoms. The zero-order chi connectivity index (χ0) is 14.9. The van der Waals surface area contributed by atoms with Crippen molar-refractivity contribution in [1.29, 1.82) is 0 Å². The first-order chi connectivity index (χ1) is 9.29. The van der Waals surface area contributed by atoms with Gasteiger partial charge >= 0.3 is 6.18 Å². The van der Waals surface area contributed by atoms with Gasteiger partial charge in [-0.1, -0.05) is 0 Å². The Morgan fingerprint density at radius 2 is 1.95 bits per heavy atom. The van der Waals surface area contributed by atoms with E-state index in [1.807, 2.05) is 13.8 Å². The lowest BCUT2D eigenvalue weighted by Crippen LogP contribution is -2.15. The average Bonchev–Trinajstić information content (AvgIpc) is 2.75. The molecule has 1 aromatic carbocycles. The summed E-state index contributed by atoms with van der Waals surface area (Å²) in [4.78, 5) is 3.97. The molecule has 0 saturated heterocycles. The van der Waals surface area contributed by atoms with Crippen LogP contribution in [0.3, 0.4) is 0 Å². The number of nitrogens with zero attached hydrogens (tertiary/aromatic N) is 2. The lowest BCUT2D eigenvalue weighted by atomic mass is 10.2. The molecule has 0 unspecified atom stereocenters. The van der Waals surface area contributed by atoms with Crippen molar-refractivity contribution >= 4 is 5.95 Å². The molecule has 0 amide bonds. The van der Waals surface area contributed by atoms with Gasteiger partial charge < -0.3 is 5.32 Å². The molecule has 0 spiro atoms. The normalized spacial score (nSPS) is 11.9. The van der Waals surface area contributed by atoms with Crippen molar-refractivity contribution in [3.63, 3.8) is 0 Å². The van der Waals surface area contributed by atoms with E-state index >= 15 is 0 Å². The minimum atomic E-state index is -4.52. The van der Waals surface area contributed by atoms with Gasteiger partial charge in [-0.3, -0.25) is 4.57 Å². The third-order valence-electron chi connectivity index (χ3n) is 2.59. The summed E-state index contributed by atoms with van der Waals surface area (Å²) in [6.07, 6.45) is -1.72. The quantitative estimate of drug-likeness (QED) is 0.869. The van der Waals surface area contributed by atoms with Crippen LogP contribution in [0.1, 0.15) is 19.4 Å². The van der Waals surface area contributed by atoms with Crippen molar-refractivity contribution in [1.82, 2.24) is 9.55 Å². The lowest BCUT2D eigenvalue weighted by molar-refractivity contribution is -0.137. The monoisotopic (exact) mass is 287 g/mol. The number of imidazole rings is 1. The zero-order valence-corrected chi connectivity index (χ0v) is 10.9. The Kier molecular flexibility index (Phi) is 3.69. The van der Waals surface area contributed by atoms with Gasteiger partial charge in [0.1, 0.15) is 5.82 Å². The van der Waals surface area contributed by atoms with Crippen molar-refractivity contribution in [3.05, 3.63) is 42.0 Å². The van der Waals surface area contributed by atoms with Gasteiger partial charge in [0.25, 0.3) is 0 Å². The summed E-state index contributed by atoms with van der Waals surface area (Å²) in [5.41, 5.74) is -1.10. The summed E-state index contributed by atoms with van der Waals surface area (Å²) < 4.78 is 53.1. The smallest absolute Gasteiger partial charge is 0.353 e. The van der Waals surface area contributed by atoms with Crippen molar-refractivity contribution in [2.75, 3.05) is 5.32 Å². The second-order valence-electron chi connectivity index (χ2n) is 4.58. The molecule has 3 nitrogen and oxygen atoms in total. The Labute approximate surface area is 113 Å². The van der Waals surface area contributed by atoms with Gasteiger partial charge in [-0.2, -0.15) is 13.2 Å². The Morgan fingerprint density at radius 3 is 2.55 bits per heavy atom. The average molecular weight is 287 g/mol. The second kappa shape index (κ2) is 5.15. The number of aromatic nitrogens is 2. The van der Waals surface area contributed by atoms with Crippen LogP contribution in [0.2, 0.25) is 0 Å². The molecule has 0 radical (unpaired) electrons. The number of hydrogen-bond donors (Lipinski definition) is 1. The van der Waals surface area contributed by atoms with E-state index < -0.39 is 17.6 Å². The Bertz CT molecular complexity index is 602. The standard InChI is InChI=1S/C13H13F4N3/c1-8(2)19-12-18-5-6-20(12)11-7-9(13(15,16)17)3-4-10(11)14/h3-8H,1-2H3,(H,18,19). The Hall–Kier alpha value is -2.05. The summed E-state index contributed by atoms with van der Waals surface area (Å²) in [6.45, 7) is 3.70. The fourth-order valence-electron chi connectivity index (χ4n) is 1.74. The molecule has 0 bridgehead atoms. The zero-order valence-electron chi connectivity index (χ0n) is 10.9. The molecule has 2 rings (SSSR count). The summed E-state index contributed by atoms with van der Waals surface area (Å²) in [6, 6.07) is 2.30. The molecule has 0 saturated carbocycles. The largest absolute Gasteiger partial charge is 0.416 e. The predicted molar refractivity (Wildman–Crippen MR) is 67.3 cm³/mol. The number of alkyl halides is 3. The molecule has 0 aliphatic carbocycles. The minimum absolute atomic E-state index is 0.0185. The van der Waals surface area contributed by atoms with Crippen LogP contribution in [0.5, 0.6) is 0 Å². The highest BCUT2D eigenvalue weighted by molar-refractivity contribution is 5.45. The van der Waals surface area contributed by atoms with E-state index in [0.717, 1.165) is 12.1 Å². The fraction of sp³-hybridized carbons (Fsp3) is 0.308. The van der Waals surface area contributed by atoms with Crippen LogP contribution in [0.15, 0.2) is 30.6 Å². The highest BCUT2D eigenvalue weighted by Crippen LogP contribution is 2.32. The van der Waals surface area contributed by atoms with Crippen molar-refractivity contribution in [3.8, 4) is 5.69 Å². The molecule has 1 aromatic heterocycles. The van der Waals surface area contributed by atoms with E-state index in [2.05, 4.69) is 10.3 Å². The summed E-state index contributed by atoms with van der Waals surface area (Å²) in [5, 5.41) is 2.94. The maximum absolute atomic E-state index is 13.8. The van der Waals surface area contributed by atoms with Crippen LogP contribution in [-0.4, -0.2) is 15.6 Å². The van der Waals surface area contributed by atoms with E-state index in [0.29, 0.717) is 12.0 Å². The number of anilines is 1.